The molecule has 15 heavy (non-hydrogen) atoms. The van der Waals surface area contributed by atoms with E-state index in [1.807, 2.05) is 0 Å². The van der Waals surface area contributed by atoms with Gasteiger partial charge in [-0.15, -0.1) is 12.4 Å². The Morgan fingerprint density at radius 2 is 1.80 bits per heavy atom. The monoisotopic (exact) mass is 249 g/mol. The second-order valence-electron chi connectivity index (χ2n) is 2.84. The Kier molecular flexibility index (Phi) is 4.57. The lowest BCUT2D eigenvalue weighted by atomic mass is 10.3. The Bertz CT molecular complexity index is 441. The molecule has 1 aromatic carbocycles. The first-order valence-corrected chi connectivity index (χ1v) is 5.70. The van der Waals surface area contributed by atoms with Gasteiger partial charge in [0.25, 0.3) is 0 Å². The lowest BCUT2D eigenvalue weighted by Gasteiger charge is -2.03. The van der Waals surface area contributed by atoms with Crippen molar-refractivity contribution in [2.24, 2.45) is 5.73 Å². The van der Waals surface area contributed by atoms with Crippen LogP contribution in [0.15, 0.2) is 29.2 Å². The van der Waals surface area contributed by atoms with Crippen LogP contribution in [0.25, 0.3) is 0 Å². The summed E-state index contributed by atoms with van der Waals surface area (Å²) in [6.07, 6.45) is 1.14. The van der Waals surface area contributed by atoms with Gasteiger partial charge in [0.15, 0.2) is 15.8 Å². The van der Waals surface area contributed by atoms with Gasteiger partial charge >= 0.3 is 0 Å². The molecule has 0 unspecified atom stereocenters. The van der Waals surface area contributed by atoms with E-state index in [4.69, 9.17) is 11.1 Å². The molecule has 0 aromatic heterocycles. The molecule has 0 atom stereocenters. The number of nitrogens with two attached hydrogens (primary N) is 1. The van der Waals surface area contributed by atoms with Crippen LogP contribution < -0.4 is 11.1 Å². The summed E-state index contributed by atoms with van der Waals surface area (Å²) >= 11 is 0. The molecule has 5 nitrogen and oxygen atoms in total. The van der Waals surface area contributed by atoms with Gasteiger partial charge in [-0.2, -0.15) is 0 Å². The largest absolute Gasteiger partial charge is 0.370 e. The standard InChI is InChI=1S/C8H11N3O2S.ClH/c1-14(12,13)7-4-2-6(3-5-7)11-8(9)10;/h2-5H,1H3,(H4,9,10,11);1H. The van der Waals surface area contributed by atoms with Crippen molar-refractivity contribution >= 4 is 33.9 Å². The SMILES string of the molecule is CS(=O)(=O)c1ccc(NC(=N)N)cc1.Cl. The Balaban J connectivity index is 0.00000196. The summed E-state index contributed by atoms with van der Waals surface area (Å²) in [5.41, 5.74) is 5.69. The normalized spacial score (nSPS) is 10.2. The number of hydrogen-bond donors (Lipinski definition) is 3. The lowest BCUT2D eigenvalue weighted by molar-refractivity contribution is 0.602. The van der Waals surface area contributed by atoms with Crippen LogP contribution in [0.4, 0.5) is 5.69 Å². The highest BCUT2D eigenvalue weighted by Crippen LogP contribution is 2.13. The summed E-state index contributed by atoms with van der Waals surface area (Å²) < 4.78 is 22.2. The molecule has 0 radical (unpaired) electrons. The molecule has 4 N–H and O–H groups in total. The number of nitrogens with one attached hydrogen (secondary N) is 2. The van der Waals surface area contributed by atoms with Crippen molar-refractivity contribution in [3.8, 4) is 0 Å². The quantitative estimate of drug-likeness (QED) is 0.534. The summed E-state index contributed by atoms with van der Waals surface area (Å²) in [5.74, 6) is -0.183. The molecule has 0 aliphatic heterocycles. The molecular weight excluding hydrogens is 238 g/mol. The fraction of sp³-hybridized carbons (Fsp3) is 0.125. The Morgan fingerprint density at radius 1 is 1.33 bits per heavy atom. The highest BCUT2D eigenvalue weighted by Gasteiger charge is 2.05. The van der Waals surface area contributed by atoms with Crippen LogP contribution in [0.5, 0.6) is 0 Å². The smallest absolute Gasteiger partial charge is 0.190 e. The van der Waals surface area contributed by atoms with E-state index in [9.17, 15) is 8.42 Å². The molecule has 0 aliphatic carbocycles. The van der Waals surface area contributed by atoms with Gasteiger partial charge in [0.1, 0.15) is 0 Å². The van der Waals surface area contributed by atoms with Crippen LogP contribution in [-0.4, -0.2) is 20.6 Å². The van der Waals surface area contributed by atoms with E-state index in [1.165, 1.54) is 12.1 Å². The summed E-state index contributed by atoms with van der Waals surface area (Å²) in [4.78, 5) is 0.242. The van der Waals surface area contributed by atoms with Crippen molar-refractivity contribution in [1.29, 1.82) is 5.41 Å². The molecule has 84 valence electrons. The van der Waals surface area contributed by atoms with E-state index in [2.05, 4.69) is 5.32 Å². The maximum atomic E-state index is 11.1. The predicted molar refractivity (Wildman–Crippen MR) is 62.3 cm³/mol. The van der Waals surface area contributed by atoms with Gasteiger partial charge in [-0.25, -0.2) is 8.42 Å². The predicted octanol–water partition coefficient (Wildman–Crippen LogP) is 0.817. The number of hydrogen-bond acceptors (Lipinski definition) is 3. The topological polar surface area (TPSA) is 96.0 Å². The third-order valence-corrected chi connectivity index (χ3v) is 2.69. The molecule has 0 aliphatic rings. The van der Waals surface area contributed by atoms with Gasteiger partial charge in [-0.05, 0) is 24.3 Å². The first-order valence-electron chi connectivity index (χ1n) is 3.81. The zero-order valence-corrected chi connectivity index (χ0v) is 9.65. The van der Waals surface area contributed by atoms with E-state index in [-0.39, 0.29) is 23.3 Å². The van der Waals surface area contributed by atoms with E-state index < -0.39 is 9.84 Å². The molecule has 0 heterocycles. The number of guanidine groups is 1. The zero-order chi connectivity index (χ0) is 10.8. The highest BCUT2D eigenvalue weighted by atomic mass is 35.5. The second kappa shape index (κ2) is 4.99. The maximum Gasteiger partial charge on any atom is 0.190 e. The van der Waals surface area contributed by atoms with Crippen molar-refractivity contribution in [3.63, 3.8) is 0 Å². The average Bonchev–Trinajstić information content (AvgIpc) is 2.02. The Labute approximate surface area is 94.5 Å². The lowest BCUT2D eigenvalue weighted by Crippen LogP contribution is -2.20. The van der Waals surface area contributed by atoms with E-state index in [1.54, 1.807) is 12.1 Å². The molecule has 0 amide bonds. The number of sulfone groups is 1. The molecule has 1 rings (SSSR count). The van der Waals surface area contributed by atoms with E-state index in [0.29, 0.717) is 5.69 Å². The van der Waals surface area contributed by atoms with Gasteiger partial charge in [0.05, 0.1) is 4.90 Å². The molecule has 0 spiro atoms. The molecule has 0 saturated carbocycles. The van der Waals surface area contributed by atoms with Crippen LogP contribution in [0, 0.1) is 5.41 Å². The van der Waals surface area contributed by atoms with Crippen LogP contribution in [-0.2, 0) is 9.84 Å². The van der Waals surface area contributed by atoms with E-state index >= 15 is 0 Å². The van der Waals surface area contributed by atoms with Crippen molar-refractivity contribution in [1.82, 2.24) is 0 Å². The minimum absolute atomic E-state index is 0. The summed E-state index contributed by atoms with van der Waals surface area (Å²) in [7, 11) is -3.16. The zero-order valence-electron chi connectivity index (χ0n) is 8.02. The molecule has 0 bridgehead atoms. The second-order valence-corrected chi connectivity index (χ2v) is 4.85. The van der Waals surface area contributed by atoms with E-state index in [0.717, 1.165) is 6.26 Å². The van der Waals surface area contributed by atoms with Gasteiger partial charge in [-0.1, -0.05) is 0 Å². The van der Waals surface area contributed by atoms with Crippen LogP contribution in [0.1, 0.15) is 0 Å². The van der Waals surface area contributed by atoms with Gasteiger partial charge < -0.3 is 11.1 Å². The maximum absolute atomic E-state index is 11.1. The highest BCUT2D eigenvalue weighted by molar-refractivity contribution is 7.90. The number of anilines is 1. The first-order chi connectivity index (χ1) is 6.39. The average molecular weight is 250 g/mol. The van der Waals surface area contributed by atoms with Crippen molar-refractivity contribution in [3.05, 3.63) is 24.3 Å². The Morgan fingerprint density at radius 3 is 2.13 bits per heavy atom. The minimum Gasteiger partial charge on any atom is -0.370 e. The first kappa shape index (κ1) is 13.7. The van der Waals surface area contributed by atoms with Crippen molar-refractivity contribution in [2.75, 3.05) is 11.6 Å². The fourth-order valence-electron chi connectivity index (χ4n) is 0.941. The molecule has 0 saturated heterocycles. The van der Waals surface area contributed by atoms with Crippen LogP contribution in [0.3, 0.4) is 0 Å². The van der Waals surface area contributed by atoms with Crippen molar-refractivity contribution in [2.45, 2.75) is 4.90 Å². The fourth-order valence-corrected chi connectivity index (χ4v) is 1.57. The molecule has 7 heteroatoms. The number of benzene rings is 1. The molecule has 0 fully saturated rings. The van der Waals surface area contributed by atoms with Crippen LogP contribution >= 0.6 is 12.4 Å². The summed E-state index contributed by atoms with van der Waals surface area (Å²) in [6.45, 7) is 0. The summed E-state index contributed by atoms with van der Waals surface area (Å²) in [5, 5.41) is 9.51. The minimum atomic E-state index is -3.16. The molecular formula is C8H12ClN3O2S. The number of rotatable bonds is 2. The van der Waals surface area contributed by atoms with Gasteiger partial charge in [0.2, 0.25) is 0 Å². The van der Waals surface area contributed by atoms with Gasteiger partial charge in [0, 0.05) is 11.9 Å². The third kappa shape index (κ3) is 4.18. The van der Waals surface area contributed by atoms with Crippen molar-refractivity contribution < 1.29 is 8.42 Å². The summed E-state index contributed by atoms with van der Waals surface area (Å²) in [6, 6.07) is 6.02. The number of halogens is 1. The van der Waals surface area contributed by atoms with Gasteiger partial charge in [-0.3, -0.25) is 5.41 Å². The Hall–Kier alpha value is -1.27. The van der Waals surface area contributed by atoms with Crippen LogP contribution in [0.2, 0.25) is 0 Å². The third-order valence-electron chi connectivity index (χ3n) is 1.56. The molecule has 1 aromatic rings.